The second-order valence-electron chi connectivity index (χ2n) is 6.08. The van der Waals surface area contributed by atoms with E-state index in [1.165, 1.54) is 0 Å². The summed E-state index contributed by atoms with van der Waals surface area (Å²) in [5.41, 5.74) is 1.31. The Balaban J connectivity index is 1.52. The zero-order valence-electron chi connectivity index (χ0n) is 13.1. The van der Waals surface area contributed by atoms with Crippen molar-refractivity contribution >= 4 is 11.6 Å². The third-order valence-electron chi connectivity index (χ3n) is 4.54. The normalized spacial score (nSPS) is 19.0. The van der Waals surface area contributed by atoms with Gasteiger partial charge in [0, 0.05) is 25.2 Å². The third kappa shape index (κ3) is 2.67. The lowest BCUT2D eigenvalue weighted by atomic mass is 10.0. The average Bonchev–Trinajstić information content (AvgIpc) is 3.34. The van der Waals surface area contributed by atoms with Gasteiger partial charge < -0.3 is 14.4 Å². The van der Waals surface area contributed by atoms with Crippen LogP contribution in [0, 0.1) is 0 Å². The van der Waals surface area contributed by atoms with Crippen molar-refractivity contribution in [2.24, 2.45) is 0 Å². The second kappa shape index (κ2) is 6.09. The van der Waals surface area contributed by atoms with Gasteiger partial charge in [-0.2, -0.15) is 0 Å². The van der Waals surface area contributed by atoms with E-state index in [1.807, 2.05) is 4.90 Å². The number of hydrogen-bond donors (Lipinski definition) is 1. The Morgan fingerprint density at radius 3 is 3.17 bits per heavy atom. The number of amides is 1. The highest BCUT2D eigenvalue weighted by atomic mass is 16.4. The Kier molecular flexibility index (Phi) is 3.78. The smallest absolute Gasteiger partial charge is 0.255 e. The minimum Gasteiger partial charge on any atom is -0.467 e. The molecule has 0 bridgehead atoms. The maximum Gasteiger partial charge on any atom is 0.255 e. The van der Waals surface area contributed by atoms with Crippen LogP contribution < -0.4 is 0 Å². The predicted octanol–water partition coefficient (Wildman–Crippen LogP) is 2.05. The summed E-state index contributed by atoms with van der Waals surface area (Å²) in [6.07, 6.45) is 6.48. The molecule has 1 aliphatic heterocycles. The third-order valence-corrected chi connectivity index (χ3v) is 4.54. The summed E-state index contributed by atoms with van der Waals surface area (Å²) in [6.45, 7) is 0.703. The molecule has 1 N–H and O–H groups in total. The number of pyridine rings is 1. The van der Waals surface area contributed by atoms with Crippen LogP contribution in [0.5, 0.6) is 0 Å². The molecular weight excluding hydrogens is 308 g/mol. The van der Waals surface area contributed by atoms with Crippen LogP contribution in [-0.2, 0) is 0 Å². The van der Waals surface area contributed by atoms with Crippen molar-refractivity contribution < 1.29 is 14.3 Å². The van der Waals surface area contributed by atoms with Crippen LogP contribution in [0.25, 0.3) is 5.65 Å². The van der Waals surface area contributed by atoms with Crippen molar-refractivity contribution in [2.45, 2.75) is 31.4 Å². The molecule has 1 amide bonds. The highest BCUT2D eigenvalue weighted by Gasteiger charge is 2.32. The first kappa shape index (κ1) is 14.9. The Morgan fingerprint density at radius 2 is 2.33 bits per heavy atom. The molecule has 4 rings (SSSR count). The molecule has 1 fully saturated rings. The molecule has 7 nitrogen and oxygen atoms in total. The molecule has 0 saturated carbocycles. The molecule has 1 saturated heterocycles. The van der Waals surface area contributed by atoms with E-state index in [9.17, 15) is 9.90 Å². The highest BCUT2D eigenvalue weighted by molar-refractivity contribution is 5.94. The van der Waals surface area contributed by atoms with Gasteiger partial charge in [-0.05, 0) is 37.1 Å². The van der Waals surface area contributed by atoms with Gasteiger partial charge in [0.05, 0.1) is 11.8 Å². The van der Waals surface area contributed by atoms with E-state index in [-0.39, 0.29) is 11.9 Å². The SMILES string of the molecule is O=C(c1ccc2nncn2c1)N1CCCC1CC(O)c1ccco1. The predicted molar refractivity (Wildman–Crippen MR) is 85.3 cm³/mol. The summed E-state index contributed by atoms with van der Waals surface area (Å²) in [5.74, 6) is 0.514. The largest absolute Gasteiger partial charge is 0.467 e. The molecule has 0 aliphatic carbocycles. The van der Waals surface area contributed by atoms with Crippen LogP contribution in [0.15, 0.2) is 47.5 Å². The van der Waals surface area contributed by atoms with Gasteiger partial charge in [-0.25, -0.2) is 0 Å². The second-order valence-corrected chi connectivity index (χ2v) is 6.08. The van der Waals surface area contributed by atoms with Crippen LogP contribution in [-0.4, -0.2) is 43.1 Å². The Morgan fingerprint density at radius 1 is 1.42 bits per heavy atom. The maximum absolute atomic E-state index is 12.9. The Labute approximate surface area is 138 Å². The van der Waals surface area contributed by atoms with Crippen molar-refractivity contribution in [1.29, 1.82) is 0 Å². The summed E-state index contributed by atoms with van der Waals surface area (Å²) in [4.78, 5) is 14.7. The molecule has 4 heterocycles. The van der Waals surface area contributed by atoms with E-state index in [2.05, 4.69) is 10.2 Å². The van der Waals surface area contributed by atoms with E-state index in [0.29, 0.717) is 29.9 Å². The fourth-order valence-corrected chi connectivity index (χ4v) is 3.32. The van der Waals surface area contributed by atoms with Gasteiger partial charge in [-0.15, -0.1) is 10.2 Å². The first-order valence-electron chi connectivity index (χ1n) is 8.04. The standard InChI is InChI=1S/C17H18N4O3/c22-14(15-4-2-8-24-15)9-13-3-1-7-21(13)17(23)12-5-6-16-19-18-11-20(16)10-12/h2,4-6,8,10-11,13-14,22H,1,3,7,9H2. The van der Waals surface area contributed by atoms with E-state index >= 15 is 0 Å². The van der Waals surface area contributed by atoms with Crippen molar-refractivity contribution in [1.82, 2.24) is 19.5 Å². The van der Waals surface area contributed by atoms with Crippen LogP contribution in [0.4, 0.5) is 0 Å². The van der Waals surface area contributed by atoms with Gasteiger partial charge in [-0.3, -0.25) is 9.20 Å². The quantitative estimate of drug-likeness (QED) is 0.793. The minimum atomic E-state index is -0.696. The number of aromatic nitrogens is 3. The lowest BCUT2D eigenvalue weighted by Crippen LogP contribution is -2.36. The van der Waals surface area contributed by atoms with Gasteiger partial charge in [0.1, 0.15) is 18.2 Å². The zero-order chi connectivity index (χ0) is 16.5. The summed E-state index contributed by atoms with van der Waals surface area (Å²) < 4.78 is 6.99. The lowest BCUT2D eigenvalue weighted by Gasteiger charge is -2.26. The lowest BCUT2D eigenvalue weighted by molar-refractivity contribution is 0.0641. The number of aliphatic hydroxyl groups is 1. The summed E-state index contributed by atoms with van der Waals surface area (Å²) in [6, 6.07) is 7.07. The molecule has 2 atom stereocenters. The van der Waals surface area contributed by atoms with Crippen LogP contribution in [0.2, 0.25) is 0 Å². The number of carbonyl (C=O) groups is 1. The molecule has 0 aromatic carbocycles. The maximum atomic E-state index is 12.9. The van der Waals surface area contributed by atoms with Gasteiger partial charge >= 0.3 is 0 Å². The molecular formula is C17H18N4O3. The van der Waals surface area contributed by atoms with Crippen LogP contribution in [0.1, 0.15) is 41.5 Å². The number of hydrogen-bond acceptors (Lipinski definition) is 5. The van der Waals surface area contributed by atoms with E-state index in [4.69, 9.17) is 4.42 Å². The van der Waals surface area contributed by atoms with E-state index < -0.39 is 6.10 Å². The molecule has 0 spiro atoms. The molecule has 1 aliphatic rings. The zero-order valence-corrected chi connectivity index (χ0v) is 13.1. The van der Waals surface area contributed by atoms with E-state index in [0.717, 1.165) is 12.8 Å². The van der Waals surface area contributed by atoms with Crippen molar-refractivity contribution in [3.8, 4) is 0 Å². The topological polar surface area (TPSA) is 83.9 Å². The highest BCUT2D eigenvalue weighted by Crippen LogP contribution is 2.28. The molecule has 124 valence electrons. The summed E-state index contributed by atoms with van der Waals surface area (Å²) in [5, 5.41) is 18.1. The molecule has 24 heavy (non-hydrogen) atoms. The van der Waals surface area contributed by atoms with Crippen molar-refractivity contribution in [2.75, 3.05) is 6.54 Å². The van der Waals surface area contributed by atoms with E-state index in [1.54, 1.807) is 47.5 Å². The number of furan rings is 1. The molecule has 0 radical (unpaired) electrons. The fraction of sp³-hybridized carbons (Fsp3) is 0.353. The molecule has 7 heteroatoms. The summed E-state index contributed by atoms with van der Waals surface area (Å²) >= 11 is 0. The number of carbonyl (C=O) groups excluding carboxylic acids is 1. The fourth-order valence-electron chi connectivity index (χ4n) is 3.32. The van der Waals surface area contributed by atoms with Crippen molar-refractivity contribution in [3.05, 3.63) is 54.4 Å². The first-order valence-corrected chi connectivity index (χ1v) is 8.04. The average molecular weight is 326 g/mol. The van der Waals surface area contributed by atoms with Crippen LogP contribution in [0.3, 0.4) is 0 Å². The van der Waals surface area contributed by atoms with Gasteiger partial charge in [-0.1, -0.05) is 0 Å². The monoisotopic (exact) mass is 326 g/mol. The van der Waals surface area contributed by atoms with Gasteiger partial charge in [0.15, 0.2) is 5.65 Å². The van der Waals surface area contributed by atoms with Crippen molar-refractivity contribution in [3.63, 3.8) is 0 Å². The Bertz CT molecular complexity index is 843. The number of aliphatic hydroxyl groups excluding tert-OH is 1. The van der Waals surface area contributed by atoms with Gasteiger partial charge in [0.25, 0.3) is 5.91 Å². The first-order chi connectivity index (χ1) is 11.7. The number of nitrogens with zero attached hydrogens (tertiary/aromatic N) is 4. The molecule has 3 aromatic rings. The summed E-state index contributed by atoms with van der Waals surface area (Å²) in [7, 11) is 0. The Hall–Kier alpha value is -2.67. The number of rotatable bonds is 4. The molecule has 2 unspecified atom stereocenters. The van der Waals surface area contributed by atoms with Crippen LogP contribution >= 0.6 is 0 Å². The van der Waals surface area contributed by atoms with Gasteiger partial charge in [0.2, 0.25) is 0 Å². The minimum absolute atomic E-state index is 0.00853. The molecule has 3 aromatic heterocycles. The number of likely N-dealkylation sites (tertiary alicyclic amines) is 1. The number of fused-ring (bicyclic) bond motifs is 1.